The number of methoxy groups -OCH3 is 1. The molecule has 1 fully saturated rings. The first-order valence-electron chi connectivity index (χ1n) is 5.81. The normalized spacial score (nSPS) is 20.0. The monoisotopic (exact) mass is 253 g/mol. The number of ether oxygens (including phenoxy) is 1. The highest BCUT2D eigenvalue weighted by Crippen LogP contribution is 2.27. The molecule has 1 saturated heterocycles. The summed E-state index contributed by atoms with van der Waals surface area (Å²) in [5.74, 6) is 0.762. The number of nitrogens with one attached hydrogen (secondary N) is 1. The van der Waals surface area contributed by atoms with Crippen LogP contribution in [0, 0.1) is 5.92 Å². The summed E-state index contributed by atoms with van der Waals surface area (Å²) in [4.78, 5) is 12.4. The van der Waals surface area contributed by atoms with Crippen molar-refractivity contribution in [2.75, 3.05) is 20.2 Å². The minimum Gasteiger partial charge on any atom is -0.496 e. The lowest BCUT2D eigenvalue weighted by molar-refractivity contribution is 0.0896. The van der Waals surface area contributed by atoms with Crippen molar-refractivity contribution in [1.29, 1.82) is 0 Å². The lowest BCUT2D eigenvalue weighted by atomic mass is 9.90. The van der Waals surface area contributed by atoms with E-state index >= 15 is 0 Å². The summed E-state index contributed by atoms with van der Waals surface area (Å²) < 4.78 is 5.21. The first kappa shape index (κ1) is 12.4. The second kappa shape index (κ2) is 5.52. The van der Waals surface area contributed by atoms with E-state index in [9.17, 15) is 4.79 Å². The standard InChI is InChI=1S/C13H16ClNO2/c1-17-12-5-4-10(14)7-11(12)13(16)9-3-2-6-15-8-9/h4-5,7,9,15H,2-3,6,8H2,1H3. The molecule has 1 atom stereocenters. The third-order valence-corrected chi connectivity index (χ3v) is 3.33. The zero-order valence-electron chi connectivity index (χ0n) is 9.83. The number of ketones is 1. The summed E-state index contributed by atoms with van der Waals surface area (Å²) >= 11 is 5.93. The van der Waals surface area contributed by atoms with Gasteiger partial charge in [0, 0.05) is 17.5 Å². The van der Waals surface area contributed by atoms with Gasteiger partial charge < -0.3 is 10.1 Å². The highest BCUT2D eigenvalue weighted by atomic mass is 35.5. The van der Waals surface area contributed by atoms with Gasteiger partial charge in [-0.2, -0.15) is 0 Å². The van der Waals surface area contributed by atoms with Gasteiger partial charge in [0.1, 0.15) is 5.75 Å². The molecule has 0 radical (unpaired) electrons. The Balaban J connectivity index is 2.25. The van der Waals surface area contributed by atoms with E-state index in [0.717, 1.165) is 25.9 Å². The molecular formula is C13H16ClNO2. The number of hydrogen-bond donors (Lipinski definition) is 1. The van der Waals surface area contributed by atoms with E-state index in [1.54, 1.807) is 25.3 Å². The van der Waals surface area contributed by atoms with E-state index in [0.29, 0.717) is 16.3 Å². The maximum atomic E-state index is 12.4. The van der Waals surface area contributed by atoms with Crippen LogP contribution in [0.2, 0.25) is 5.02 Å². The zero-order chi connectivity index (χ0) is 12.3. The van der Waals surface area contributed by atoms with Gasteiger partial charge >= 0.3 is 0 Å². The van der Waals surface area contributed by atoms with Crippen molar-refractivity contribution in [3.05, 3.63) is 28.8 Å². The molecule has 3 nitrogen and oxygen atoms in total. The largest absolute Gasteiger partial charge is 0.496 e. The van der Waals surface area contributed by atoms with E-state index in [-0.39, 0.29) is 11.7 Å². The summed E-state index contributed by atoms with van der Waals surface area (Å²) in [6, 6.07) is 5.17. The Morgan fingerprint density at radius 2 is 2.35 bits per heavy atom. The van der Waals surface area contributed by atoms with Crippen LogP contribution in [0.4, 0.5) is 0 Å². The lowest BCUT2D eigenvalue weighted by Crippen LogP contribution is -2.34. The molecular weight excluding hydrogens is 238 g/mol. The van der Waals surface area contributed by atoms with Crippen LogP contribution < -0.4 is 10.1 Å². The Hall–Kier alpha value is -1.06. The van der Waals surface area contributed by atoms with Gasteiger partial charge in [-0.1, -0.05) is 11.6 Å². The minimum atomic E-state index is 0.0381. The van der Waals surface area contributed by atoms with E-state index in [4.69, 9.17) is 16.3 Å². The predicted octanol–water partition coefficient (Wildman–Crippen LogP) is 2.53. The van der Waals surface area contributed by atoms with Gasteiger partial charge in [-0.25, -0.2) is 0 Å². The Morgan fingerprint density at radius 3 is 3.00 bits per heavy atom. The topological polar surface area (TPSA) is 38.3 Å². The lowest BCUT2D eigenvalue weighted by Gasteiger charge is -2.22. The van der Waals surface area contributed by atoms with Gasteiger partial charge in [-0.15, -0.1) is 0 Å². The molecule has 1 N–H and O–H groups in total. The molecule has 1 heterocycles. The van der Waals surface area contributed by atoms with Crippen molar-refractivity contribution in [3.8, 4) is 5.75 Å². The number of carbonyl (C=O) groups is 1. The summed E-state index contributed by atoms with van der Waals surface area (Å²) in [5.41, 5.74) is 0.591. The van der Waals surface area contributed by atoms with Crippen molar-refractivity contribution in [1.82, 2.24) is 5.32 Å². The molecule has 1 aliphatic rings. The quantitative estimate of drug-likeness (QED) is 0.842. The maximum absolute atomic E-state index is 12.4. The summed E-state index contributed by atoms with van der Waals surface area (Å²) in [6.45, 7) is 1.74. The zero-order valence-corrected chi connectivity index (χ0v) is 10.6. The summed E-state index contributed by atoms with van der Waals surface area (Å²) in [7, 11) is 1.57. The van der Waals surface area contributed by atoms with Gasteiger partial charge in [0.05, 0.1) is 12.7 Å². The van der Waals surface area contributed by atoms with Gasteiger partial charge in [-0.3, -0.25) is 4.79 Å². The van der Waals surface area contributed by atoms with Crippen LogP contribution >= 0.6 is 11.6 Å². The fourth-order valence-corrected chi connectivity index (χ4v) is 2.34. The van der Waals surface area contributed by atoms with Crippen molar-refractivity contribution in [3.63, 3.8) is 0 Å². The first-order valence-corrected chi connectivity index (χ1v) is 6.18. The fraction of sp³-hybridized carbons (Fsp3) is 0.462. The van der Waals surface area contributed by atoms with E-state index in [1.807, 2.05) is 0 Å². The summed E-state index contributed by atoms with van der Waals surface area (Å²) in [6.07, 6.45) is 1.97. The average molecular weight is 254 g/mol. The molecule has 1 aliphatic heterocycles. The number of Topliss-reactive ketones (excluding diaryl/α,β-unsaturated/α-hetero) is 1. The van der Waals surface area contributed by atoms with E-state index < -0.39 is 0 Å². The number of halogens is 1. The highest BCUT2D eigenvalue weighted by molar-refractivity contribution is 6.31. The number of piperidine rings is 1. The molecule has 0 amide bonds. The maximum Gasteiger partial charge on any atom is 0.170 e. The van der Waals surface area contributed by atoms with Crippen LogP contribution in [0.15, 0.2) is 18.2 Å². The van der Waals surface area contributed by atoms with Crippen LogP contribution in [-0.2, 0) is 0 Å². The number of rotatable bonds is 3. The highest BCUT2D eigenvalue weighted by Gasteiger charge is 2.24. The molecule has 0 aromatic heterocycles. The van der Waals surface area contributed by atoms with E-state index in [1.165, 1.54) is 0 Å². The Kier molecular flexibility index (Phi) is 4.02. The van der Waals surface area contributed by atoms with Crippen molar-refractivity contribution in [2.45, 2.75) is 12.8 Å². The van der Waals surface area contributed by atoms with Gasteiger partial charge in [0.25, 0.3) is 0 Å². The minimum absolute atomic E-state index is 0.0381. The van der Waals surface area contributed by atoms with E-state index in [2.05, 4.69) is 5.32 Å². The van der Waals surface area contributed by atoms with Crippen molar-refractivity contribution >= 4 is 17.4 Å². The van der Waals surface area contributed by atoms with Gasteiger partial charge in [0.15, 0.2) is 5.78 Å². The molecule has 0 saturated carbocycles. The summed E-state index contributed by atoms with van der Waals surface area (Å²) in [5, 5.41) is 3.81. The smallest absolute Gasteiger partial charge is 0.170 e. The number of benzene rings is 1. The third kappa shape index (κ3) is 2.79. The van der Waals surface area contributed by atoms with Crippen LogP contribution in [0.5, 0.6) is 5.75 Å². The van der Waals surface area contributed by atoms with Crippen LogP contribution in [0.1, 0.15) is 23.2 Å². The molecule has 1 unspecified atom stereocenters. The Bertz CT molecular complexity index is 414. The Morgan fingerprint density at radius 1 is 1.53 bits per heavy atom. The SMILES string of the molecule is COc1ccc(Cl)cc1C(=O)C1CCCNC1. The van der Waals surface area contributed by atoms with Crippen molar-refractivity contribution < 1.29 is 9.53 Å². The second-order valence-corrected chi connectivity index (χ2v) is 4.69. The second-order valence-electron chi connectivity index (χ2n) is 4.25. The average Bonchev–Trinajstić information content (AvgIpc) is 2.39. The molecule has 1 aromatic rings. The molecule has 92 valence electrons. The molecule has 0 bridgehead atoms. The molecule has 0 aliphatic carbocycles. The fourth-order valence-electron chi connectivity index (χ4n) is 2.17. The molecule has 2 rings (SSSR count). The van der Waals surface area contributed by atoms with Gasteiger partial charge in [-0.05, 0) is 37.6 Å². The molecule has 0 spiro atoms. The molecule has 1 aromatic carbocycles. The Labute approximate surface area is 106 Å². The van der Waals surface area contributed by atoms with Crippen LogP contribution in [-0.4, -0.2) is 26.0 Å². The number of hydrogen-bond acceptors (Lipinski definition) is 3. The van der Waals surface area contributed by atoms with Crippen LogP contribution in [0.3, 0.4) is 0 Å². The predicted molar refractivity (Wildman–Crippen MR) is 67.9 cm³/mol. The van der Waals surface area contributed by atoms with Crippen molar-refractivity contribution in [2.24, 2.45) is 5.92 Å². The molecule has 17 heavy (non-hydrogen) atoms. The number of carbonyl (C=O) groups excluding carboxylic acids is 1. The molecule has 4 heteroatoms. The van der Waals surface area contributed by atoms with Gasteiger partial charge in [0.2, 0.25) is 0 Å². The first-order chi connectivity index (χ1) is 8.22. The third-order valence-electron chi connectivity index (χ3n) is 3.09. The van der Waals surface area contributed by atoms with Crippen LogP contribution in [0.25, 0.3) is 0 Å².